The van der Waals surface area contributed by atoms with Crippen molar-refractivity contribution in [2.45, 2.75) is 13.1 Å². The van der Waals surface area contributed by atoms with Gasteiger partial charge in [0, 0.05) is 48.4 Å². The molecule has 0 saturated carbocycles. The number of carbonyl (C=O) groups is 1. The summed E-state index contributed by atoms with van der Waals surface area (Å²) in [5.41, 5.74) is 3.98. The van der Waals surface area contributed by atoms with Crippen molar-refractivity contribution in [3.8, 4) is 0 Å². The molecule has 0 fully saturated rings. The molecule has 0 spiro atoms. The van der Waals surface area contributed by atoms with Gasteiger partial charge in [-0.1, -0.05) is 30.3 Å². The van der Waals surface area contributed by atoms with Gasteiger partial charge in [0.1, 0.15) is 16.3 Å². The van der Waals surface area contributed by atoms with Gasteiger partial charge in [0.2, 0.25) is 0 Å². The van der Waals surface area contributed by atoms with Crippen molar-refractivity contribution < 1.29 is 4.79 Å². The van der Waals surface area contributed by atoms with Crippen LogP contribution in [0, 0.1) is 0 Å². The highest BCUT2D eigenvalue weighted by Crippen LogP contribution is 2.27. The third-order valence-corrected chi connectivity index (χ3v) is 7.49. The van der Waals surface area contributed by atoms with Crippen LogP contribution in [0.5, 0.6) is 0 Å². The number of carbonyl (C=O) groups excluding carboxylic acids is 1. The van der Waals surface area contributed by atoms with E-state index in [1.165, 1.54) is 11.3 Å². The van der Waals surface area contributed by atoms with Gasteiger partial charge < -0.3 is 21.3 Å². The first-order chi connectivity index (χ1) is 20.1. The highest BCUT2D eigenvalue weighted by Gasteiger charge is 2.21. The number of fused-ring (bicyclic) bond motifs is 1. The zero-order valence-electron chi connectivity index (χ0n) is 21.7. The molecule has 3 heterocycles. The second-order valence-electron chi connectivity index (χ2n) is 9.29. The molecule has 0 aliphatic carbocycles. The molecule has 10 heteroatoms. The Bertz CT molecular complexity index is 1920. The molecule has 6 aromatic rings. The Morgan fingerprint density at radius 2 is 1.66 bits per heavy atom. The standard InChI is InChI=1S/C31H24N6O3S/c38-28-26(35-17-19-5-4-12-32-16-19)27(29(28)39)36-21-6-3-7-22(15-21)37-31(40)30-25(11-14-41-30)34-18-20-10-13-33-24-9-2-1-8-23(20)24/h1-16,34-36H,17-18H2,(H,37,40). The van der Waals surface area contributed by atoms with E-state index in [9.17, 15) is 14.4 Å². The van der Waals surface area contributed by atoms with Gasteiger partial charge in [-0.25, -0.2) is 0 Å². The van der Waals surface area contributed by atoms with Gasteiger partial charge in [-0.2, -0.15) is 0 Å². The molecule has 0 atom stereocenters. The second-order valence-corrected chi connectivity index (χ2v) is 10.2. The van der Waals surface area contributed by atoms with Crippen molar-refractivity contribution in [1.82, 2.24) is 9.97 Å². The number of hydrogen-bond acceptors (Lipinski definition) is 9. The van der Waals surface area contributed by atoms with Crippen LogP contribution in [0.4, 0.5) is 28.4 Å². The first-order valence-electron chi connectivity index (χ1n) is 12.9. The van der Waals surface area contributed by atoms with Crippen LogP contribution in [0.3, 0.4) is 0 Å². The van der Waals surface area contributed by atoms with Crippen molar-refractivity contribution in [3.05, 3.63) is 133 Å². The summed E-state index contributed by atoms with van der Waals surface area (Å²) in [5, 5.41) is 15.3. The van der Waals surface area contributed by atoms with Crippen LogP contribution in [0.25, 0.3) is 10.9 Å². The number of pyridine rings is 2. The van der Waals surface area contributed by atoms with Crippen LogP contribution in [0.15, 0.2) is 106 Å². The number of amides is 1. The highest BCUT2D eigenvalue weighted by atomic mass is 32.1. The molecule has 3 aromatic heterocycles. The maximum atomic E-state index is 13.2. The summed E-state index contributed by atoms with van der Waals surface area (Å²) in [6.07, 6.45) is 5.14. The normalized spacial score (nSPS) is 10.9. The Balaban J connectivity index is 1.12. The van der Waals surface area contributed by atoms with Gasteiger partial charge in [0.15, 0.2) is 0 Å². The minimum atomic E-state index is -0.593. The fourth-order valence-corrected chi connectivity index (χ4v) is 5.27. The molecule has 9 nitrogen and oxygen atoms in total. The quantitative estimate of drug-likeness (QED) is 0.162. The summed E-state index contributed by atoms with van der Waals surface area (Å²) in [4.78, 5) is 46.7. The maximum absolute atomic E-state index is 13.2. The number of para-hydroxylation sites is 1. The molecule has 0 radical (unpaired) electrons. The number of hydrogen-bond donors (Lipinski definition) is 4. The third kappa shape index (κ3) is 5.54. The first-order valence-corrected chi connectivity index (χ1v) is 13.7. The van der Waals surface area contributed by atoms with Gasteiger partial charge in [-0.05, 0) is 59.0 Å². The van der Waals surface area contributed by atoms with E-state index in [2.05, 4.69) is 31.2 Å². The predicted octanol–water partition coefficient (Wildman–Crippen LogP) is 5.51. The molecule has 0 bridgehead atoms. The maximum Gasteiger partial charge on any atom is 0.267 e. The Hall–Kier alpha value is -5.35. The van der Waals surface area contributed by atoms with E-state index in [4.69, 9.17) is 0 Å². The van der Waals surface area contributed by atoms with Gasteiger partial charge in [0.25, 0.3) is 16.8 Å². The fraction of sp³-hybridized carbons (Fsp3) is 0.0645. The minimum Gasteiger partial charge on any atom is -0.380 e. The van der Waals surface area contributed by atoms with E-state index in [1.54, 1.807) is 48.9 Å². The van der Waals surface area contributed by atoms with Crippen molar-refractivity contribution in [2.75, 3.05) is 21.3 Å². The van der Waals surface area contributed by atoms with Crippen LogP contribution in [-0.4, -0.2) is 15.9 Å². The number of rotatable bonds is 10. The summed E-state index contributed by atoms with van der Waals surface area (Å²) in [6, 6.07) is 22.5. The number of aromatic nitrogens is 2. The Labute approximate surface area is 238 Å². The molecular formula is C31H24N6O3S. The van der Waals surface area contributed by atoms with E-state index in [-0.39, 0.29) is 17.3 Å². The molecule has 0 aliphatic rings. The monoisotopic (exact) mass is 560 g/mol. The van der Waals surface area contributed by atoms with E-state index < -0.39 is 10.9 Å². The van der Waals surface area contributed by atoms with E-state index in [1.807, 2.05) is 47.8 Å². The van der Waals surface area contributed by atoms with Crippen LogP contribution in [0.2, 0.25) is 0 Å². The van der Waals surface area contributed by atoms with Crippen molar-refractivity contribution in [2.24, 2.45) is 0 Å². The summed E-state index contributed by atoms with van der Waals surface area (Å²) in [6.45, 7) is 0.899. The molecule has 1 amide bonds. The average molecular weight is 561 g/mol. The zero-order chi connectivity index (χ0) is 28.2. The third-order valence-electron chi connectivity index (χ3n) is 6.57. The lowest BCUT2D eigenvalue weighted by molar-refractivity contribution is 0.103. The van der Waals surface area contributed by atoms with Crippen molar-refractivity contribution in [1.29, 1.82) is 0 Å². The van der Waals surface area contributed by atoms with Gasteiger partial charge in [0.05, 0.1) is 11.2 Å². The lowest BCUT2D eigenvalue weighted by atomic mass is 10.1. The molecule has 0 unspecified atom stereocenters. The molecule has 6 rings (SSSR count). The number of anilines is 5. The van der Waals surface area contributed by atoms with Crippen molar-refractivity contribution >= 4 is 56.6 Å². The predicted molar refractivity (Wildman–Crippen MR) is 164 cm³/mol. The van der Waals surface area contributed by atoms with Crippen LogP contribution in [0.1, 0.15) is 20.8 Å². The van der Waals surface area contributed by atoms with Crippen LogP contribution >= 0.6 is 11.3 Å². The summed E-state index contributed by atoms with van der Waals surface area (Å²) >= 11 is 1.34. The molecule has 41 heavy (non-hydrogen) atoms. The SMILES string of the molecule is O=C(Nc1cccc(Nc2c(NCc3cccnc3)c(=O)c2=O)c1)c1sccc1NCc1ccnc2ccccc12. The van der Waals surface area contributed by atoms with Gasteiger partial charge >= 0.3 is 0 Å². The zero-order valence-corrected chi connectivity index (χ0v) is 22.5. The largest absolute Gasteiger partial charge is 0.380 e. The van der Waals surface area contributed by atoms with Gasteiger partial charge in [-0.15, -0.1) is 11.3 Å². The highest BCUT2D eigenvalue weighted by molar-refractivity contribution is 7.12. The lowest BCUT2D eigenvalue weighted by Crippen LogP contribution is -2.36. The fourth-order valence-electron chi connectivity index (χ4n) is 4.50. The Kier molecular flexibility index (Phi) is 7.21. The van der Waals surface area contributed by atoms with Gasteiger partial charge in [-0.3, -0.25) is 24.4 Å². The van der Waals surface area contributed by atoms with Crippen LogP contribution < -0.4 is 32.1 Å². The molecule has 0 saturated heterocycles. The average Bonchev–Trinajstić information content (AvgIpc) is 3.49. The summed E-state index contributed by atoms with van der Waals surface area (Å²) in [7, 11) is 0. The first kappa shape index (κ1) is 25.9. The van der Waals surface area contributed by atoms with E-state index in [0.717, 1.165) is 27.7 Å². The topological polar surface area (TPSA) is 125 Å². The molecular weight excluding hydrogens is 536 g/mol. The second kappa shape index (κ2) is 11.4. The molecule has 4 N–H and O–H groups in total. The number of benzene rings is 2. The van der Waals surface area contributed by atoms with E-state index >= 15 is 0 Å². The molecule has 202 valence electrons. The minimum absolute atomic E-state index is 0.191. The number of thiophene rings is 1. The van der Waals surface area contributed by atoms with E-state index in [0.29, 0.717) is 29.3 Å². The Morgan fingerprint density at radius 3 is 2.54 bits per heavy atom. The Morgan fingerprint density at radius 1 is 0.805 bits per heavy atom. The molecule has 3 aromatic carbocycles. The van der Waals surface area contributed by atoms with Crippen molar-refractivity contribution in [3.63, 3.8) is 0 Å². The number of nitrogens with one attached hydrogen (secondary N) is 4. The molecule has 0 aliphatic heterocycles. The summed E-state index contributed by atoms with van der Waals surface area (Å²) < 4.78 is 0. The number of nitrogens with zero attached hydrogens (tertiary/aromatic N) is 2. The van der Waals surface area contributed by atoms with Crippen LogP contribution in [-0.2, 0) is 13.1 Å². The smallest absolute Gasteiger partial charge is 0.267 e. The lowest BCUT2D eigenvalue weighted by Gasteiger charge is -2.15. The summed E-state index contributed by atoms with van der Waals surface area (Å²) in [5.74, 6) is -0.257.